The van der Waals surface area contributed by atoms with E-state index in [0.717, 1.165) is 0 Å². The van der Waals surface area contributed by atoms with E-state index in [2.05, 4.69) is 210 Å². The van der Waals surface area contributed by atoms with Gasteiger partial charge in [-0.3, -0.25) is 0 Å². The molecule has 0 fully saturated rings. The van der Waals surface area contributed by atoms with Gasteiger partial charge in [-0.2, -0.15) is 0 Å². The van der Waals surface area contributed by atoms with Crippen LogP contribution < -0.4 is 26.2 Å². The molecule has 11 aromatic carbocycles. The number of hydrogen-bond acceptors (Lipinski definition) is 4. The van der Waals surface area contributed by atoms with Gasteiger partial charge in [-0.15, -0.1) is 22.7 Å². The second-order valence-corrected chi connectivity index (χ2v) is 19.1. The lowest BCUT2D eigenvalue weighted by atomic mass is 9.33. The Balaban J connectivity index is 1.08. The van der Waals surface area contributed by atoms with Crippen molar-refractivity contribution in [3.63, 3.8) is 0 Å². The molecule has 4 heterocycles. The number of benzene rings is 11. The van der Waals surface area contributed by atoms with Gasteiger partial charge in [0.05, 0.1) is 15.7 Å². The molecule has 0 unspecified atom stereocenters. The summed E-state index contributed by atoms with van der Waals surface area (Å²) in [6, 6.07) is 75.2. The molecule has 2 aliphatic rings. The van der Waals surface area contributed by atoms with Gasteiger partial charge in [0.1, 0.15) is 0 Å². The number of nitrogens with zero attached hydrogens (tertiary/aromatic N) is 2. The van der Waals surface area contributed by atoms with Gasteiger partial charge >= 0.3 is 0 Å². The molecular formula is C58H33BN2S2. The van der Waals surface area contributed by atoms with Crippen molar-refractivity contribution in [2.75, 3.05) is 9.80 Å². The lowest BCUT2D eigenvalue weighted by Crippen LogP contribution is -2.60. The molecule has 290 valence electrons. The molecule has 2 nitrogen and oxygen atoms in total. The number of anilines is 6. The highest BCUT2D eigenvalue weighted by Crippen LogP contribution is 2.52. The molecule has 0 saturated carbocycles. The van der Waals surface area contributed by atoms with E-state index >= 15 is 0 Å². The van der Waals surface area contributed by atoms with E-state index in [1.54, 1.807) is 0 Å². The minimum Gasteiger partial charge on any atom is -0.303 e. The fourth-order valence-corrected chi connectivity index (χ4v) is 14.1. The SMILES string of the molecule is c1cc2c3c(c1)N(c1cccc4c5ccccc5c5ccccc5c14)c1sc4ccccc4c1B3c1c(sc3ccccc13)N2c1ccc2c3ccccc3c3ccccc3c2c1. The highest BCUT2D eigenvalue weighted by atomic mass is 32.1. The summed E-state index contributed by atoms with van der Waals surface area (Å²) in [5.74, 6) is 0. The number of hydrogen-bond donors (Lipinski definition) is 0. The standard InChI is InChI=1S/C58H33BN2S2/c1-2-17-37-35(15-1)36-16-4-6-21-41(36)47-33-34(31-32-42(37)47)60-49-27-14-28-50-56(49)59(54-45-23-9-11-29-51(45)62-57(54)60)55-46-24-10-12-30-52(46)63-58(55)61(50)48-26-13-25-44-40-19-5-3-18-38(40)39-20-7-8-22-43(39)53(44)48/h1-33H. The van der Waals surface area contributed by atoms with Crippen LogP contribution in [-0.4, -0.2) is 6.71 Å². The predicted molar refractivity (Wildman–Crippen MR) is 276 cm³/mol. The Morgan fingerprint density at radius 2 is 0.667 bits per heavy atom. The van der Waals surface area contributed by atoms with Gasteiger partial charge in [-0.1, -0.05) is 158 Å². The molecule has 13 aromatic rings. The lowest BCUT2D eigenvalue weighted by molar-refractivity contribution is 1.30. The first-order chi connectivity index (χ1) is 31.3. The Labute approximate surface area is 371 Å². The van der Waals surface area contributed by atoms with Crippen molar-refractivity contribution >= 4 is 163 Å². The van der Waals surface area contributed by atoms with Crippen molar-refractivity contribution in [3.05, 3.63) is 200 Å². The van der Waals surface area contributed by atoms with Gasteiger partial charge in [0.15, 0.2) is 0 Å². The van der Waals surface area contributed by atoms with E-state index in [-0.39, 0.29) is 6.71 Å². The normalized spacial score (nSPS) is 13.3. The van der Waals surface area contributed by atoms with E-state index in [1.165, 1.54) is 134 Å². The van der Waals surface area contributed by atoms with Crippen LogP contribution in [0.3, 0.4) is 0 Å². The van der Waals surface area contributed by atoms with E-state index in [1.807, 2.05) is 22.7 Å². The van der Waals surface area contributed by atoms with Crippen molar-refractivity contribution in [3.8, 4) is 0 Å². The largest absolute Gasteiger partial charge is 0.303 e. The van der Waals surface area contributed by atoms with Gasteiger partial charge in [0.25, 0.3) is 6.71 Å². The molecule has 0 bridgehead atoms. The Hall–Kier alpha value is -7.44. The molecule has 2 aromatic heterocycles. The Morgan fingerprint density at radius 1 is 0.286 bits per heavy atom. The quantitative estimate of drug-likeness (QED) is 0.126. The van der Waals surface area contributed by atoms with Crippen LogP contribution in [-0.2, 0) is 0 Å². The zero-order valence-corrected chi connectivity index (χ0v) is 35.5. The summed E-state index contributed by atoms with van der Waals surface area (Å²) < 4.78 is 2.63. The minimum atomic E-state index is 0.0405. The molecule has 0 N–H and O–H groups in total. The Kier molecular flexibility index (Phi) is 6.83. The van der Waals surface area contributed by atoms with Crippen molar-refractivity contribution in [1.82, 2.24) is 0 Å². The molecular weight excluding hydrogens is 800 g/mol. The zero-order chi connectivity index (χ0) is 40.9. The van der Waals surface area contributed by atoms with Crippen molar-refractivity contribution < 1.29 is 0 Å². The van der Waals surface area contributed by atoms with Crippen LogP contribution in [0.1, 0.15) is 0 Å². The van der Waals surface area contributed by atoms with Crippen molar-refractivity contribution in [1.29, 1.82) is 0 Å². The van der Waals surface area contributed by atoms with Crippen molar-refractivity contribution in [2.45, 2.75) is 0 Å². The van der Waals surface area contributed by atoms with Crippen molar-refractivity contribution in [2.24, 2.45) is 0 Å². The third kappa shape index (κ3) is 4.47. The summed E-state index contributed by atoms with van der Waals surface area (Å²) in [7, 11) is 0. The molecule has 0 amide bonds. The third-order valence-electron chi connectivity index (χ3n) is 14.0. The molecule has 0 spiro atoms. The van der Waals surface area contributed by atoms with Gasteiger partial charge in [0.2, 0.25) is 0 Å². The summed E-state index contributed by atoms with van der Waals surface area (Å²) in [4.78, 5) is 5.24. The fourth-order valence-electron chi connectivity index (χ4n) is 11.5. The molecule has 63 heavy (non-hydrogen) atoms. The first kappa shape index (κ1) is 34.2. The van der Waals surface area contributed by atoms with E-state index < -0.39 is 0 Å². The van der Waals surface area contributed by atoms with Crippen LogP contribution in [0.2, 0.25) is 0 Å². The maximum Gasteiger partial charge on any atom is 0.256 e. The molecule has 0 atom stereocenters. The first-order valence-corrected chi connectivity index (χ1v) is 23.3. The summed E-state index contributed by atoms with van der Waals surface area (Å²) in [6.07, 6.45) is 0. The highest BCUT2D eigenvalue weighted by Gasteiger charge is 2.47. The average Bonchev–Trinajstić information content (AvgIpc) is 3.93. The first-order valence-electron chi connectivity index (χ1n) is 21.7. The van der Waals surface area contributed by atoms with Crippen LogP contribution in [0, 0.1) is 0 Å². The molecule has 15 rings (SSSR count). The summed E-state index contributed by atoms with van der Waals surface area (Å²) >= 11 is 3.86. The Morgan fingerprint density at radius 3 is 1.22 bits per heavy atom. The smallest absolute Gasteiger partial charge is 0.256 e. The second-order valence-electron chi connectivity index (χ2n) is 17.1. The number of rotatable bonds is 2. The van der Waals surface area contributed by atoms with Crippen LogP contribution in [0.4, 0.5) is 32.8 Å². The highest BCUT2D eigenvalue weighted by molar-refractivity contribution is 7.29. The molecule has 5 heteroatoms. The predicted octanol–water partition coefficient (Wildman–Crippen LogP) is 15.1. The monoisotopic (exact) mass is 832 g/mol. The molecule has 0 radical (unpaired) electrons. The van der Waals surface area contributed by atoms with Gasteiger partial charge < -0.3 is 9.80 Å². The maximum absolute atomic E-state index is 2.64. The van der Waals surface area contributed by atoms with E-state index in [0.29, 0.717) is 0 Å². The maximum atomic E-state index is 2.64. The zero-order valence-electron chi connectivity index (χ0n) is 33.8. The summed E-state index contributed by atoms with van der Waals surface area (Å²) in [5, 5.41) is 20.7. The average molecular weight is 833 g/mol. The molecule has 0 aliphatic carbocycles. The topological polar surface area (TPSA) is 6.48 Å². The van der Waals surface area contributed by atoms with Gasteiger partial charge in [-0.25, -0.2) is 0 Å². The molecule has 2 aliphatic heterocycles. The third-order valence-corrected chi connectivity index (χ3v) is 16.4. The Bertz CT molecular complexity index is 4060. The lowest BCUT2D eigenvalue weighted by Gasteiger charge is -2.42. The van der Waals surface area contributed by atoms with Crippen LogP contribution in [0.25, 0.3) is 84.8 Å². The number of fused-ring (bicyclic) bond motifs is 20. The second kappa shape index (κ2) is 12.6. The van der Waals surface area contributed by atoms with Crippen LogP contribution in [0.5, 0.6) is 0 Å². The van der Waals surface area contributed by atoms with Gasteiger partial charge in [-0.05, 0) is 129 Å². The summed E-state index contributed by atoms with van der Waals surface area (Å²) in [5.41, 5.74) is 9.03. The van der Waals surface area contributed by atoms with Crippen LogP contribution in [0.15, 0.2) is 200 Å². The minimum absolute atomic E-state index is 0.0405. The van der Waals surface area contributed by atoms with Crippen LogP contribution >= 0.6 is 22.7 Å². The fraction of sp³-hybridized carbons (Fsp3) is 0. The van der Waals surface area contributed by atoms with E-state index in [4.69, 9.17) is 0 Å². The van der Waals surface area contributed by atoms with Gasteiger partial charge in [0, 0.05) is 31.8 Å². The molecule has 0 saturated heterocycles. The summed E-state index contributed by atoms with van der Waals surface area (Å²) in [6.45, 7) is 0.0405. The van der Waals surface area contributed by atoms with E-state index in [9.17, 15) is 0 Å². The number of thiophene rings is 2.